The van der Waals surface area contributed by atoms with Crippen LogP contribution in [0.4, 0.5) is 11.8 Å². The molecule has 132 valence electrons. The van der Waals surface area contributed by atoms with Crippen molar-refractivity contribution in [2.24, 2.45) is 13.0 Å². The molecule has 3 aromatic heterocycles. The molecule has 0 radical (unpaired) electrons. The number of hydrogen-bond donors (Lipinski definition) is 1. The van der Waals surface area contributed by atoms with Gasteiger partial charge in [0.2, 0.25) is 12.3 Å². The second kappa shape index (κ2) is 6.67. The average Bonchev–Trinajstić information content (AvgIpc) is 3.12. The summed E-state index contributed by atoms with van der Waals surface area (Å²) in [5.74, 6) is 0.338. The molecule has 0 aliphatic rings. The summed E-state index contributed by atoms with van der Waals surface area (Å²) in [6, 6.07) is 0. The Morgan fingerprint density at radius 3 is 2.80 bits per heavy atom. The van der Waals surface area contributed by atoms with Gasteiger partial charge in [0.25, 0.3) is 0 Å². The molecule has 3 heterocycles. The Labute approximate surface area is 147 Å². The van der Waals surface area contributed by atoms with Crippen LogP contribution < -0.4 is 5.73 Å². The van der Waals surface area contributed by atoms with Crippen LogP contribution in [0.15, 0.2) is 22.7 Å². The third-order valence-corrected chi connectivity index (χ3v) is 5.03. The minimum Gasteiger partial charge on any atom is -0.368 e. The van der Waals surface area contributed by atoms with Crippen LogP contribution in [0.5, 0.6) is 0 Å². The quantitative estimate of drug-likeness (QED) is 0.401. The van der Waals surface area contributed by atoms with Crippen LogP contribution in [0.1, 0.15) is 20.3 Å². The van der Waals surface area contributed by atoms with E-state index in [1.807, 2.05) is 4.57 Å². The van der Waals surface area contributed by atoms with E-state index in [4.69, 9.17) is 5.73 Å². The molecule has 10 nitrogen and oxygen atoms in total. The van der Waals surface area contributed by atoms with Gasteiger partial charge in [-0.25, -0.2) is 9.97 Å². The van der Waals surface area contributed by atoms with Gasteiger partial charge in [0.1, 0.15) is 10.5 Å². The summed E-state index contributed by atoms with van der Waals surface area (Å²) in [6.07, 6.45) is 4.12. The molecule has 25 heavy (non-hydrogen) atoms. The van der Waals surface area contributed by atoms with Gasteiger partial charge < -0.3 is 25.0 Å². The van der Waals surface area contributed by atoms with Crippen molar-refractivity contribution in [2.75, 3.05) is 5.73 Å². The molecular weight excluding hydrogens is 344 g/mol. The fourth-order valence-corrected chi connectivity index (χ4v) is 3.32. The molecule has 0 saturated carbocycles. The number of nitro groups is 1. The molecule has 1 atom stereocenters. The van der Waals surface area contributed by atoms with Gasteiger partial charge in [-0.05, 0) is 27.6 Å². The molecule has 0 bridgehead atoms. The zero-order valence-corrected chi connectivity index (χ0v) is 14.9. The number of hydrogen-bond acceptors (Lipinski definition) is 8. The van der Waals surface area contributed by atoms with Crippen molar-refractivity contribution in [3.8, 4) is 0 Å². The maximum atomic E-state index is 11.2. The van der Waals surface area contributed by atoms with Crippen molar-refractivity contribution in [3.05, 3.63) is 22.8 Å². The summed E-state index contributed by atoms with van der Waals surface area (Å²) >= 11 is 1.11. The Hall–Kier alpha value is -2.69. The van der Waals surface area contributed by atoms with Crippen LogP contribution in [0, 0.1) is 16.0 Å². The molecule has 0 aromatic carbocycles. The molecular formula is C14H18N8O2S. The van der Waals surface area contributed by atoms with E-state index in [1.54, 1.807) is 17.9 Å². The highest BCUT2D eigenvalue weighted by atomic mass is 32.2. The zero-order valence-electron chi connectivity index (χ0n) is 14.1. The van der Waals surface area contributed by atoms with Gasteiger partial charge in [-0.1, -0.05) is 20.3 Å². The van der Waals surface area contributed by atoms with Crippen molar-refractivity contribution in [1.29, 1.82) is 0 Å². The smallest absolute Gasteiger partial charge is 0.368 e. The van der Waals surface area contributed by atoms with Gasteiger partial charge in [-0.2, -0.15) is 4.98 Å². The lowest BCUT2D eigenvalue weighted by atomic mass is 10.1. The Kier molecular flexibility index (Phi) is 4.57. The summed E-state index contributed by atoms with van der Waals surface area (Å²) in [4.78, 5) is 27.3. The van der Waals surface area contributed by atoms with Gasteiger partial charge in [-0.15, -0.1) is 0 Å². The average molecular weight is 362 g/mol. The summed E-state index contributed by atoms with van der Waals surface area (Å²) in [7, 11) is 1.69. The minimum absolute atomic E-state index is 0.103. The highest BCUT2D eigenvalue weighted by molar-refractivity contribution is 7.99. The second-order valence-corrected chi connectivity index (χ2v) is 6.79. The van der Waals surface area contributed by atoms with Gasteiger partial charge >= 0.3 is 5.82 Å². The number of anilines is 1. The molecule has 11 heteroatoms. The van der Waals surface area contributed by atoms with Gasteiger partial charge in [-0.3, -0.25) is 0 Å². The zero-order chi connectivity index (χ0) is 18.1. The van der Waals surface area contributed by atoms with Crippen LogP contribution in [0.3, 0.4) is 0 Å². The standard InChI is InChI=1S/C14H18N8O2S/c1-4-8(2)5-21-7-16-9-10(21)18-14(15)19-12(9)25-13-11(22(23)24)17-6-20(13)3/h6-8H,4-5H2,1-3H3,(H2,15,18,19)/t8-/m1/s1. The fraction of sp³-hybridized carbons (Fsp3) is 0.429. The maximum Gasteiger partial charge on any atom is 0.396 e. The molecule has 0 fully saturated rings. The number of fused-ring (bicyclic) bond motifs is 1. The number of rotatable bonds is 6. The van der Waals surface area contributed by atoms with E-state index < -0.39 is 4.92 Å². The number of aromatic nitrogens is 6. The topological polar surface area (TPSA) is 131 Å². The summed E-state index contributed by atoms with van der Waals surface area (Å²) in [6.45, 7) is 5.03. The van der Waals surface area contributed by atoms with Crippen LogP contribution in [-0.2, 0) is 13.6 Å². The van der Waals surface area contributed by atoms with Gasteiger partial charge in [0, 0.05) is 13.6 Å². The first-order valence-corrected chi connectivity index (χ1v) is 8.54. The molecule has 0 aliphatic heterocycles. The van der Waals surface area contributed by atoms with E-state index in [1.165, 1.54) is 6.33 Å². The summed E-state index contributed by atoms with van der Waals surface area (Å²) in [5.41, 5.74) is 7.04. The first-order valence-electron chi connectivity index (χ1n) is 7.72. The molecule has 0 spiro atoms. The number of nitrogens with two attached hydrogens (primary N) is 1. The van der Waals surface area contributed by atoms with Gasteiger partial charge in [0.05, 0.1) is 6.33 Å². The highest BCUT2D eigenvalue weighted by Crippen LogP contribution is 2.35. The Bertz CT molecular complexity index is 934. The largest absolute Gasteiger partial charge is 0.396 e. The predicted octanol–water partition coefficient (Wildman–Crippen LogP) is 2.25. The third-order valence-electron chi connectivity index (χ3n) is 3.89. The summed E-state index contributed by atoms with van der Waals surface area (Å²) < 4.78 is 3.51. The first kappa shape index (κ1) is 17.1. The number of nitrogen functional groups attached to an aromatic ring is 1. The first-order chi connectivity index (χ1) is 11.9. The molecule has 2 N–H and O–H groups in total. The lowest BCUT2D eigenvalue weighted by Gasteiger charge is -2.10. The Balaban J connectivity index is 2.06. The normalized spacial score (nSPS) is 12.6. The molecule has 3 aromatic rings. The van der Waals surface area contributed by atoms with Crippen molar-refractivity contribution >= 4 is 34.7 Å². The molecule has 3 rings (SSSR count). The molecule has 0 aliphatic carbocycles. The van der Waals surface area contributed by atoms with Crippen LogP contribution >= 0.6 is 11.8 Å². The van der Waals surface area contributed by atoms with Crippen molar-refractivity contribution < 1.29 is 4.92 Å². The molecule has 0 unspecified atom stereocenters. The van der Waals surface area contributed by atoms with Crippen molar-refractivity contribution in [2.45, 2.75) is 36.9 Å². The lowest BCUT2D eigenvalue weighted by Crippen LogP contribution is -2.07. The van der Waals surface area contributed by atoms with Crippen LogP contribution in [-0.4, -0.2) is 34.0 Å². The van der Waals surface area contributed by atoms with E-state index in [9.17, 15) is 10.1 Å². The number of nitrogens with zero attached hydrogens (tertiary/aromatic N) is 7. The Morgan fingerprint density at radius 1 is 1.36 bits per heavy atom. The Morgan fingerprint density at radius 2 is 2.12 bits per heavy atom. The number of imidazole rings is 2. The third kappa shape index (κ3) is 3.27. The lowest BCUT2D eigenvalue weighted by molar-refractivity contribution is -0.392. The maximum absolute atomic E-state index is 11.2. The molecule has 0 amide bonds. The van der Waals surface area contributed by atoms with Crippen LogP contribution in [0.25, 0.3) is 11.2 Å². The van der Waals surface area contributed by atoms with E-state index in [0.717, 1.165) is 24.7 Å². The van der Waals surface area contributed by atoms with Crippen molar-refractivity contribution in [1.82, 2.24) is 29.1 Å². The van der Waals surface area contributed by atoms with Crippen molar-refractivity contribution in [3.63, 3.8) is 0 Å². The monoisotopic (exact) mass is 362 g/mol. The van der Waals surface area contributed by atoms with E-state index in [2.05, 4.69) is 33.8 Å². The predicted molar refractivity (Wildman–Crippen MR) is 93.2 cm³/mol. The van der Waals surface area contributed by atoms with E-state index >= 15 is 0 Å². The highest BCUT2D eigenvalue weighted by Gasteiger charge is 2.24. The van der Waals surface area contributed by atoms with E-state index in [-0.39, 0.29) is 11.8 Å². The van der Waals surface area contributed by atoms with Crippen LogP contribution in [0.2, 0.25) is 0 Å². The minimum atomic E-state index is -0.522. The SMILES string of the molecule is CC[C@@H](C)Cn1cnc2c(Sc3c([N+](=O)[O-])ncn3C)nc(N)nc21. The van der Waals surface area contributed by atoms with E-state index in [0.29, 0.717) is 27.1 Å². The second-order valence-electron chi connectivity index (χ2n) is 5.81. The van der Waals surface area contributed by atoms with Gasteiger partial charge in [0.15, 0.2) is 10.7 Å². The number of aryl methyl sites for hydroxylation is 1. The molecule has 0 saturated heterocycles. The summed E-state index contributed by atoms with van der Waals surface area (Å²) in [5, 5.41) is 12.0. The fourth-order valence-electron chi connectivity index (χ4n) is 2.35.